The second-order valence-electron chi connectivity index (χ2n) is 26.7. The zero-order valence-electron chi connectivity index (χ0n) is 60.1. The van der Waals surface area contributed by atoms with Crippen LogP contribution in [-0.4, -0.2) is 38.9 Å². The summed E-state index contributed by atoms with van der Waals surface area (Å²) < 4.78 is 180. The van der Waals surface area contributed by atoms with Crippen molar-refractivity contribution in [1.82, 2.24) is 0 Å². The summed E-state index contributed by atoms with van der Waals surface area (Å²) in [6.45, 7) is 21.8. The summed E-state index contributed by atoms with van der Waals surface area (Å²) in [7, 11) is -15.1. The first-order valence-corrected chi connectivity index (χ1v) is 40.9. The molecule has 0 saturated carbocycles. The number of hydrogen-bond acceptors (Lipinski definition) is 9. The molecule has 12 aromatic carbocycles. The molecule has 0 fully saturated rings. The first-order valence-electron chi connectivity index (χ1n) is 33.0. The van der Waals surface area contributed by atoms with E-state index in [9.17, 15) is 69.6 Å². The van der Waals surface area contributed by atoms with Crippen molar-refractivity contribution in [3.05, 3.63) is 360 Å². The topological polar surface area (TPSA) is 172 Å². The van der Waals surface area contributed by atoms with E-state index in [0.717, 1.165) is 24.3 Å². The molecule has 9 nitrogen and oxygen atoms in total. The van der Waals surface area contributed by atoms with Gasteiger partial charge in [-0.2, -0.15) is 0 Å². The summed E-state index contributed by atoms with van der Waals surface area (Å²) in [5, 5.41) is 0. The van der Waals surface area contributed by atoms with Gasteiger partial charge in [0.1, 0.15) is 46.9 Å². The Kier molecular flexibility index (Phi) is 30.0. The average Bonchev–Trinajstić information content (AvgIpc) is 0.781. The lowest BCUT2D eigenvalue weighted by Crippen LogP contribution is -2.12. The van der Waals surface area contributed by atoms with Gasteiger partial charge in [-0.05, 0) is 179 Å². The summed E-state index contributed by atoms with van der Waals surface area (Å²) in [4.78, 5) is 8.61. The molecule has 0 spiro atoms. The van der Waals surface area contributed by atoms with Crippen molar-refractivity contribution in [3.8, 4) is 0 Å². The van der Waals surface area contributed by atoms with Gasteiger partial charge in [-0.3, -0.25) is 0 Å². The summed E-state index contributed by atoms with van der Waals surface area (Å²) in [5.74, 6) is -14.6. The molecule has 558 valence electrons. The van der Waals surface area contributed by atoms with Crippen molar-refractivity contribution in [2.45, 2.75) is 144 Å². The highest BCUT2D eigenvalue weighted by Gasteiger charge is 2.33. The maximum Gasteiger partial charge on any atom is 0.200 e. The fraction of sp³-hybridized carbons (Fsp3) is 0.153. The minimum Gasteiger partial charge on any atom is -0.744 e. The van der Waals surface area contributed by atoms with Crippen LogP contribution in [0, 0.1) is 47.6 Å². The van der Waals surface area contributed by atoms with Crippen LogP contribution < -0.4 is 0 Å². The molecule has 0 radical (unpaired) electrons. The van der Waals surface area contributed by atoms with Gasteiger partial charge in [0.15, 0.2) is 67.3 Å². The summed E-state index contributed by atoms with van der Waals surface area (Å²) >= 11 is 0. The fourth-order valence-electron chi connectivity index (χ4n) is 10.1. The van der Waals surface area contributed by atoms with Gasteiger partial charge in [-0.15, -0.1) is 0 Å². The van der Waals surface area contributed by atoms with Crippen LogP contribution in [0.2, 0.25) is 0 Å². The number of halogens is 7. The Balaban J connectivity index is 0.000000183. The fourth-order valence-corrected chi connectivity index (χ4v) is 18.3. The van der Waals surface area contributed by atoms with Crippen LogP contribution in [0.25, 0.3) is 0 Å². The van der Waals surface area contributed by atoms with Crippen molar-refractivity contribution in [2.24, 2.45) is 0 Å². The Hall–Kier alpha value is -9.07. The Morgan fingerprint density at radius 3 is 0.692 bits per heavy atom. The normalized spacial score (nSPS) is 11.7. The highest BCUT2D eigenvalue weighted by atomic mass is 32.2. The van der Waals surface area contributed by atoms with E-state index in [1.54, 1.807) is 0 Å². The molecule has 0 atom stereocenters. The van der Waals surface area contributed by atoms with Crippen LogP contribution in [0.5, 0.6) is 0 Å². The first kappa shape index (κ1) is 85.2. The second kappa shape index (κ2) is 37.6. The zero-order valence-corrected chi connectivity index (χ0v) is 65.0. The number of aryl methyl sites for hydroxylation is 1. The second-order valence-corrected chi connectivity index (χ2v) is 36.8. The van der Waals surface area contributed by atoms with Gasteiger partial charge in [0.05, 0.1) is 42.5 Å². The van der Waals surface area contributed by atoms with Crippen LogP contribution in [0.3, 0.4) is 0 Å². The summed E-state index contributed by atoms with van der Waals surface area (Å²) in [6.07, 6.45) is 0. The van der Waals surface area contributed by atoms with Crippen molar-refractivity contribution in [2.75, 3.05) is 0 Å². The summed E-state index contributed by atoms with van der Waals surface area (Å²) in [5.41, 5.74) is 4.97. The molecule has 107 heavy (non-hydrogen) atoms. The molecular formula is C85H79F7O9S6. The number of rotatable bonds is 12. The Morgan fingerprint density at radius 2 is 0.486 bits per heavy atom. The molecule has 22 heteroatoms. The van der Waals surface area contributed by atoms with Crippen LogP contribution >= 0.6 is 0 Å². The van der Waals surface area contributed by atoms with E-state index in [1.807, 2.05) is 0 Å². The zero-order chi connectivity index (χ0) is 78.7. The van der Waals surface area contributed by atoms with E-state index in [4.69, 9.17) is 0 Å². The van der Waals surface area contributed by atoms with Crippen LogP contribution in [0.15, 0.2) is 356 Å². The number of benzene rings is 12. The molecule has 0 saturated heterocycles. The summed E-state index contributed by atoms with van der Waals surface area (Å²) in [6, 6.07) is 99.7. The average molecular weight is 1570 g/mol. The molecule has 0 amide bonds. The van der Waals surface area contributed by atoms with Gasteiger partial charge < -0.3 is 13.7 Å². The van der Waals surface area contributed by atoms with Crippen molar-refractivity contribution >= 4 is 63.0 Å². The van der Waals surface area contributed by atoms with Crippen molar-refractivity contribution < 1.29 is 69.6 Å². The maximum absolute atomic E-state index is 12.6. The first-order chi connectivity index (χ1) is 50.3. The lowest BCUT2D eigenvalue weighted by atomic mass is 9.87. The Labute approximate surface area is 632 Å². The third kappa shape index (κ3) is 24.5. The van der Waals surface area contributed by atoms with Crippen molar-refractivity contribution in [1.29, 1.82) is 0 Å². The van der Waals surface area contributed by atoms with E-state index in [-0.39, 0.29) is 54.5 Å². The van der Waals surface area contributed by atoms with Crippen LogP contribution in [-0.2, 0) is 79.3 Å². The van der Waals surface area contributed by atoms with Gasteiger partial charge in [0.25, 0.3) is 0 Å². The third-order valence-electron chi connectivity index (χ3n) is 15.7. The van der Waals surface area contributed by atoms with E-state index in [2.05, 4.69) is 317 Å². The molecule has 12 aromatic rings. The van der Waals surface area contributed by atoms with E-state index < -0.39 is 85.8 Å². The largest absolute Gasteiger partial charge is 0.744 e. The van der Waals surface area contributed by atoms with E-state index in [0.29, 0.717) is 0 Å². The lowest BCUT2D eigenvalue weighted by Gasteiger charge is -2.19. The monoisotopic (exact) mass is 1570 g/mol. The minimum atomic E-state index is -5.77. The molecule has 0 unspecified atom stereocenters. The molecule has 0 aliphatic carbocycles. The van der Waals surface area contributed by atoms with Gasteiger partial charge >= 0.3 is 0 Å². The molecule has 12 rings (SSSR count). The smallest absolute Gasteiger partial charge is 0.200 e. The van der Waals surface area contributed by atoms with E-state index in [1.165, 1.54) is 85.9 Å². The molecule has 0 heterocycles. The van der Waals surface area contributed by atoms with Gasteiger partial charge in [0, 0.05) is 0 Å². The molecule has 0 aromatic heterocycles. The maximum atomic E-state index is 12.6. The van der Waals surface area contributed by atoms with E-state index >= 15 is 0 Å². The third-order valence-corrected chi connectivity index (χ3v) is 25.1. The molecule has 0 aliphatic rings. The molecule has 0 N–H and O–H groups in total. The highest BCUT2D eigenvalue weighted by Crippen LogP contribution is 2.37. The van der Waals surface area contributed by atoms with Gasteiger partial charge in [-0.25, -0.2) is 56.0 Å². The SMILES string of the molecule is CC(C)(C)c1ccc([S+](c2ccccc2)c2ccccc2)cc1.CC(C)(C)c1ccc([S+](c2ccccc2)c2ccccc2)cc1.CC(C)(C)c1ccc([S+](c2ccccc2)c2ccccc2)cc1.Cc1ccc(F)cc1S(=O)(=O)[O-].O=S(=O)([O-])c1c(F)c(F)c(F)c(F)c1F.O=S(=O)([O-])c1ccccc1F. The lowest BCUT2D eigenvalue weighted by molar-refractivity contribution is 0.350. The van der Waals surface area contributed by atoms with Crippen LogP contribution in [0.1, 0.15) is 84.6 Å². The Morgan fingerprint density at radius 1 is 0.262 bits per heavy atom. The Bertz CT molecular complexity index is 4730. The van der Waals surface area contributed by atoms with Crippen molar-refractivity contribution in [3.63, 3.8) is 0 Å². The standard InChI is InChI=1S/3C22H23S.C7H7FO3S.C6HF5O3S.C6H5FO3S/c3*1-22(2,3)18-14-16-21(17-15-18)23(19-10-6-4-7-11-19)20-12-8-5-9-13-20;1-5-2-3-6(8)4-7(5)12(9,10)11;7-1-2(8)4(10)6(15(12,13)14)5(11)3(1)9;7-5-3-1-2-4-6(5)11(8,9)10/h3*4-17H,1-3H3;2-4H,1H3,(H,9,10,11);(H,12,13,14);1-4H,(H,8,9,10)/q3*+1;;;/p-3. The molecule has 0 aliphatic heterocycles. The molecular weight excluding hydrogens is 1490 g/mol. The predicted molar refractivity (Wildman–Crippen MR) is 408 cm³/mol. The molecule has 0 bridgehead atoms. The van der Waals surface area contributed by atoms with Gasteiger partial charge in [-0.1, -0.05) is 226 Å². The predicted octanol–water partition coefficient (Wildman–Crippen LogP) is 21.3. The minimum absolute atomic E-state index is 0.0497. The van der Waals surface area contributed by atoms with Crippen LogP contribution in [0.4, 0.5) is 30.7 Å². The number of hydrogen-bond donors (Lipinski definition) is 0. The quantitative estimate of drug-likeness (QED) is 0.0379. The highest BCUT2D eigenvalue weighted by molar-refractivity contribution is 7.97. The van der Waals surface area contributed by atoms with Gasteiger partial charge in [0.2, 0.25) is 5.82 Å².